The number of nitrogens with zero attached hydrogens (tertiary/aromatic N) is 4. The summed E-state index contributed by atoms with van der Waals surface area (Å²) in [5.41, 5.74) is 1.83. The molecule has 2 saturated heterocycles. The number of likely N-dealkylation sites (tertiary alicyclic amines) is 2. The van der Waals surface area contributed by atoms with Crippen LogP contribution < -0.4 is 4.74 Å². The summed E-state index contributed by atoms with van der Waals surface area (Å²) in [5, 5.41) is 1.06. The van der Waals surface area contributed by atoms with Crippen molar-refractivity contribution in [1.82, 2.24) is 19.4 Å². The third-order valence-corrected chi connectivity index (χ3v) is 9.25. The predicted molar refractivity (Wildman–Crippen MR) is 141 cm³/mol. The molecule has 7 rings (SSSR count). The number of piperidine rings is 1. The smallest absolute Gasteiger partial charge is 0.253 e. The number of carbonyl (C=O) groups excluding carboxylic acids is 1. The molecule has 1 amide bonds. The van der Waals surface area contributed by atoms with Crippen LogP contribution in [0.5, 0.6) is 5.75 Å². The van der Waals surface area contributed by atoms with Gasteiger partial charge in [0.15, 0.2) is 0 Å². The third kappa shape index (κ3) is 4.09. The zero-order chi connectivity index (χ0) is 24.1. The summed E-state index contributed by atoms with van der Waals surface area (Å²) in [6.07, 6.45) is 14.4. The highest BCUT2D eigenvalue weighted by Crippen LogP contribution is 2.47. The van der Waals surface area contributed by atoms with Gasteiger partial charge in [-0.3, -0.25) is 9.69 Å². The number of hydrogen-bond donors (Lipinski definition) is 0. The third-order valence-electron chi connectivity index (χ3n) is 9.25. The fourth-order valence-electron chi connectivity index (χ4n) is 7.34. The van der Waals surface area contributed by atoms with E-state index in [1.165, 1.54) is 38.8 Å². The number of rotatable bonds is 5. The molecule has 4 aliphatic rings. The van der Waals surface area contributed by atoms with Crippen molar-refractivity contribution in [3.05, 3.63) is 54.4 Å². The lowest BCUT2D eigenvalue weighted by Crippen LogP contribution is -2.46. The highest BCUT2D eigenvalue weighted by atomic mass is 16.5. The highest BCUT2D eigenvalue weighted by Gasteiger charge is 2.43. The Morgan fingerprint density at radius 1 is 0.917 bits per heavy atom. The van der Waals surface area contributed by atoms with Gasteiger partial charge in [0.25, 0.3) is 5.91 Å². The van der Waals surface area contributed by atoms with Crippen LogP contribution in [0.4, 0.5) is 0 Å². The fraction of sp³-hybridized carbons (Fsp3) is 0.533. The molecule has 3 atom stereocenters. The number of benzene rings is 1. The van der Waals surface area contributed by atoms with E-state index in [1.54, 1.807) is 0 Å². The van der Waals surface area contributed by atoms with Crippen LogP contribution in [0.25, 0.3) is 16.7 Å². The molecular weight excluding hydrogens is 448 g/mol. The molecule has 4 heterocycles. The monoisotopic (exact) mass is 484 g/mol. The van der Waals surface area contributed by atoms with Crippen LogP contribution in [0, 0.1) is 11.8 Å². The Balaban J connectivity index is 0.988. The number of ether oxygens (including phenoxy) is 1. The number of pyridine rings is 1. The highest BCUT2D eigenvalue weighted by molar-refractivity contribution is 5.98. The van der Waals surface area contributed by atoms with Gasteiger partial charge in [-0.25, -0.2) is 4.98 Å². The van der Waals surface area contributed by atoms with E-state index in [4.69, 9.17) is 9.72 Å². The number of carbonyl (C=O) groups is 1. The lowest BCUT2D eigenvalue weighted by molar-refractivity contribution is 0.0568. The zero-order valence-electron chi connectivity index (χ0n) is 21.0. The second-order valence-electron chi connectivity index (χ2n) is 11.4. The van der Waals surface area contributed by atoms with Gasteiger partial charge in [0.2, 0.25) is 0 Å². The first kappa shape index (κ1) is 22.3. The molecule has 2 aromatic heterocycles. The average molecular weight is 485 g/mol. The minimum Gasteiger partial charge on any atom is -0.489 e. The van der Waals surface area contributed by atoms with Gasteiger partial charge in [-0.05, 0) is 93.2 Å². The normalized spacial score (nSPS) is 26.8. The maximum absolute atomic E-state index is 12.8. The van der Waals surface area contributed by atoms with E-state index in [9.17, 15) is 4.79 Å². The quantitative estimate of drug-likeness (QED) is 0.494. The van der Waals surface area contributed by atoms with Gasteiger partial charge in [0.1, 0.15) is 17.7 Å². The number of hydrogen-bond acceptors (Lipinski definition) is 4. The topological polar surface area (TPSA) is 50.6 Å². The SMILES string of the molecule is O=C(c1ccc2c(ccn2-c2ccc(OC3CCN(C4C[C@H]5CC[C@H]4C5)CC3)cn2)c1)N1CCCC1. The molecule has 2 bridgehead atoms. The van der Waals surface area contributed by atoms with Gasteiger partial charge in [0.05, 0.1) is 11.7 Å². The van der Waals surface area contributed by atoms with E-state index in [-0.39, 0.29) is 12.0 Å². The van der Waals surface area contributed by atoms with Gasteiger partial charge < -0.3 is 14.2 Å². The summed E-state index contributed by atoms with van der Waals surface area (Å²) >= 11 is 0. The van der Waals surface area contributed by atoms with E-state index < -0.39 is 0 Å². The van der Waals surface area contributed by atoms with Crippen LogP contribution in [0.15, 0.2) is 48.8 Å². The molecule has 188 valence electrons. The Morgan fingerprint density at radius 2 is 1.78 bits per heavy atom. The van der Waals surface area contributed by atoms with Crippen LogP contribution in [-0.4, -0.2) is 63.6 Å². The standard InChI is InChI=1S/C30H36N4O2/c35-30(33-12-1-2-13-33)24-5-7-27-23(19-24)9-16-34(27)29-8-6-26(20-31-29)36-25-10-14-32(15-11-25)28-18-21-3-4-22(28)17-21/h5-9,16,19-22,25,28H,1-4,10-15,17-18H2/t21-,22-,28?/m0/s1. The lowest BCUT2D eigenvalue weighted by Gasteiger charge is -2.39. The molecular formula is C30H36N4O2. The summed E-state index contributed by atoms with van der Waals surface area (Å²) in [7, 11) is 0. The zero-order valence-corrected chi connectivity index (χ0v) is 21.0. The van der Waals surface area contributed by atoms with Gasteiger partial charge in [-0.1, -0.05) is 6.42 Å². The van der Waals surface area contributed by atoms with Crippen LogP contribution >= 0.6 is 0 Å². The summed E-state index contributed by atoms with van der Waals surface area (Å²) in [6.45, 7) is 4.08. The molecule has 1 aromatic carbocycles. The van der Waals surface area contributed by atoms with Gasteiger partial charge >= 0.3 is 0 Å². The van der Waals surface area contributed by atoms with E-state index in [2.05, 4.69) is 15.5 Å². The first-order valence-corrected chi connectivity index (χ1v) is 14.0. The molecule has 4 fully saturated rings. The number of fused-ring (bicyclic) bond motifs is 3. The van der Waals surface area contributed by atoms with Gasteiger partial charge in [0, 0.05) is 49.4 Å². The van der Waals surface area contributed by atoms with Crippen molar-refractivity contribution in [2.45, 2.75) is 63.5 Å². The minimum atomic E-state index is 0.142. The summed E-state index contributed by atoms with van der Waals surface area (Å²) in [4.78, 5) is 22.2. The second kappa shape index (κ2) is 9.22. The summed E-state index contributed by atoms with van der Waals surface area (Å²) in [5.74, 6) is 3.83. The van der Waals surface area contributed by atoms with E-state index in [0.717, 1.165) is 84.7 Å². The second-order valence-corrected chi connectivity index (χ2v) is 11.4. The Bertz CT molecular complexity index is 1240. The fourth-order valence-corrected chi connectivity index (χ4v) is 7.34. The maximum Gasteiger partial charge on any atom is 0.253 e. The number of amides is 1. The molecule has 0 spiro atoms. The summed E-state index contributed by atoms with van der Waals surface area (Å²) < 4.78 is 8.42. The molecule has 2 saturated carbocycles. The Kier molecular flexibility index (Phi) is 5.72. The first-order valence-electron chi connectivity index (χ1n) is 14.0. The van der Waals surface area contributed by atoms with E-state index in [1.807, 2.05) is 47.6 Å². The van der Waals surface area contributed by atoms with Crippen molar-refractivity contribution in [2.75, 3.05) is 26.2 Å². The Hall–Kier alpha value is -2.86. The molecule has 0 radical (unpaired) electrons. The van der Waals surface area contributed by atoms with Crippen molar-refractivity contribution in [3.63, 3.8) is 0 Å². The lowest BCUT2D eigenvalue weighted by atomic mass is 9.92. The van der Waals surface area contributed by atoms with Crippen LogP contribution in [-0.2, 0) is 0 Å². The average Bonchev–Trinajstić information content (AvgIpc) is 3.73. The van der Waals surface area contributed by atoms with Gasteiger partial charge in [-0.15, -0.1) is 0 Å². The van der Waals surface area contributed by atoms with Crippen molar-refractivity contribution in [2.24, 2.45) is 11.8 Å². The number of aromatic nitrogens is 2. The molecule has 2 aliphatic heterocycles. The predicted octanol–water partition coefficient (Wildman–Crippen LogP) is 5.29. The molecule has 0 N–H and O–H groups in total. The molecule has 6 nitrogen and oxygen atoms in total. The molecule has 3 aromatic rings. The Labute approximate surface area is 213 Å². The largest absolute Gasteiger partial charge is 0.489 e. The van der Waals surface area contributed by atoms with Crippen molar-refractivity contribution in [3.8, 4) is 11.6 Å². The van der Waals surface area contributed by atoms with Crippen molar-refractivity contribution < 1.29 is 9.53 Å². The Morgan fingerprint density at radius 3 is 2.50 bits per heavy atom. The molecule has 2 aliphatic carbocycles. The van der Waals surface area contributed by atoms with Crippen LogP contribution in [0.1, 0.15) is 61.7 Å². The first-order chi connectivity index (χ1) is 17.7. The van der Waals surface area contributed by atoms with Crippen molar-refractivity contribution in [1.29, 1.82) is 0 Å². The summed E-state index contributed by atoms with van der Waals surface area (Å²) in [6, 6.07) is 13.0. The van der Waals surface area contributed by atoms with E-state index in [0.29, 0.717) is 0 Å². The van der Waals surface area contributed by atoms with Crippen molar-refractivity contribution >= 4 is 16.8 Å². The molecule has 36 heavy (non-hydrogen) atoms. The van der Waals surface area contributed by atoms with Crippen LogP contribution in [0.2, 0.25) is 0 Å². The maximum atomic E-state index is 12.8. The van der Waals surface area contributed by atoms with Gasteiger partial charge in [-0.2, -0.15) is 0 Å². The van der Waals surface area contributed by atoms with E-state index >= 15 is 0 Å². The van der Waals surface area contributed by atoms with Crippen LogP contribution in [0.3, 0.4) is 0 Å². The molecule has 6 heteroatoms. The molecule has 1 unspecified atom stereocenters. The minimum absolute atomic E-state index is 0.142.